The van der Waals surface area contributed by atoms with Crippen molar-refractivity contribution in [2.24, 2.45) is 0 Å². The molecule has 1 saturated heterocycles. The second-order valence-electron chi connectivity index (χ2n) is 4.31. The molecule has 1 aliphatic heterocycles. The highest BCUT2D eigenvalue weighted by Crippen LogP contribution is 2.18. The van der Waals surface area contributed by atoms with E-state index >= 15 is 0 Å². The molecule has 0 aliphatic carbocycles. The number of urea groups is 1. The van der Waals surface area contributed by atoms with Gasteiger partial charge in [0.2, 0.25) is 0 Å². The van der Waals surface area contributed by atoms with Gasteiger partial charge in [0.25, 0.3) is 0 Å². The first-order valence-corrected chi connectivity index (χ1v) is 5.81. The Bertz CT molecular complexity index is 458. The number of nitrogens with one attached hydrogen (secondary N) is 1. The minimum absolute atomic E-state index is 0.384. The summed E-state index contributed by atoms with van der Waals surface area (Å²) in [6.45, 7) is 2.33. The number of carbonyl (C=O) groups excluding carboxylic acids is 1. The van der Waals surface area contributed by atoms with Crippen LogP contribution in [0.4, 0.5) is 10.5 Å². The number of hydrogen-bond donors (Lipinski definition) is 2. The summed E-state index contributed by atoms with van der Waals surface area (Å²) >= 11 is 0. The topological polar surface area (TPSA) is 82.5 Å². The quantitative estimate of drug-likeness (QED) is 0.831. The molecule has 0 spiro atoms. The van der Waals surface area contributed by atoms with Crippen molar-refractivity contribution in [1.82, 2.24) is 9.88 Å². The van der Waals surface area contributed by atoms with Gasteiger partial charge in [0.1, 0.15) is 6.04 Å². The first-order valence-electron chi connectivity index (χ1n) is 5.81. The highest BCUT2D eigenvalue weighted by molar-refractivity contribution is 5.92. The average Bonchev–Trinajstić information content (AvgIpc) is 2.81. The zero-order valence-corrected chi connectivity index (χ0v) is 10.1. The third-order valence-electron chi connectivity index (χ3n) is 2.96. The average molecular weight is 249 g/mol. The molecule has 1 atom stereocenters. The molecule has 2 N–H and O–H groups in total. The molecule has 2 heterocycles. The largest absolute Gasteiger partial charge is 0.480 e. The number of carboxylic acids is 1. The summed E-state index contributed by atoms with van der Waals surface area (Å²) in [5, 5.41) is 11.7. The number of aliphatic carboxylic acids is 1. The third kappa shape index (κ3) is 2.58. The van der Waals surface area contributed by atoms with Gasteiger partial charge in [-0.3, -0.25) is 4.98 Å². The van der Waals surface area contributed by atoms with Gasteiger partial charge in [-0.2, -0.15) is 0 Å². The lowest BCUT2D eigenvalue weighted by molar-refractivity contribution is -0.141. The van der Waals surface area contributed by atoms with Crippen molar-refractivity contribution in [2.45, 2.75) is 25.8 Å². The summed E-state index contributed by atoms with van der Waals surface area (Å²) in [5.41, 5.74) is 1.43. The van der Waals surface area contributed by atoms with Crippen LogP contribution in [0.5, 0.6) is 0 Å². The van der Waals surface area contributed by atoms with E-state index in [0.29, 0.717) is 18.7 Å². The van der Waals surface area contributed by atoms with Gasteiger partial charge in [0, 0.05) is 12.2 Å². The summed E-state index contributed by atoms with van der Waals surface area (Å²) in [5.74, 6) is -0.954. The molecule has 0 saturated carbocycles. The molecule has 0 aromatic carbocycles. The molecule has 2 amide bonds. The van der Waals surface area contributed by atoms with E-state index < -0.39 is 12.0 Å². The molecule has 1 aromatic heterocycles. The minimum atomic E-state index is -0.954. The molecule has 6 heteroatoms. The Balaban J connectivity index is 2.03. The minimum Gasteiger partial charge on any atom is -0.480 e. The molecule has 1 aromatic rings. The van der Waals surface area contributed by atoms with Crippen molar-refractivity contribution < 1.29 is 14.7 Å². The predicted molar refractivity (Wildman–Crippen MR) is 65.4 cm³/mol. The van der Waals surface area contributed by atoms with Crippen LogP contribution in [-0.2, 0) is 4.79 Å². The van der Waals surface area contributed by atoms with Crippen molar-refractivity contribution in [1.29, 1.82) is 0 Å². The van der Waals surface area contributed by atoms with Gasteiger partial charge in [-0.05, 0) is 31.9 Å². The van der Waals surface area contributed by atoms with E-state index in [1.54, 1.807) is 18.3 Å². The summed E-state index contributed by atoms with van der Waals surface area (Å²) < 4.78 is 0. The summed E-state index contributed by atoms with van der Waals surface area (Å²) in [7, 11) is 0. The van der Waals surface area contributed by atoms with Crippen molar-refractivity contribution in [2.75, 3.05) is 11.9 Å². The van der Waals surface area contributed by atoms with Crippen LogP contribution in [0.15, 0.2) is 18.3 Å². The number of aryl methyl sites for hydroxylation is 1. The van der Waals surface area contributed by atoms with Crippen molar-refractivity contribution in [3.05, 3.63) is 24.0 Å². The summed E-state index contributed by atoms with van der Waals surface area (Å²) in [4.78, 5) is 28.3. The number of pyridine rings is 1. The molecule has 6 nitrogen and oxygen atoms in total. The fraction of sp³-hybridized carbons (Fsp3) is 0.417. The van der Waals surface area contributed by atoms with Crippen LogP contribution in [0.3, 0.4) is 0 Å². The Kier molecular flexibility index (Phi) is 3.45. The lowest BCUT2D eigenvalue weighted by atomic mass is 10.2. The number of carbonyl (C=O) groups is 2. The molecular weight excluding hydrogens is 234 g/mol. The Labute approximate surface area is 105 Å². The van der Waals surface area contributed by atoms with E-state index in [0.717, 1.165) is 12.1 Å². The molecule has 0 unspecified atom stereocenters. The van der Waals surface area contributed by atoms with Gasteiger partial charge in [0.05, 0.1) is 11.9 Å². The molecule has 1 aliphatic rings. The number of carboxylic acid groups (broad SMARTS) is 1. The maximum absolute atomic E-state index is 11.9. The van der Waals surface area contributed by atoms with E-state index in [-0.39, 0.29) is 6.03 Å². The van der Waals surface area contributed by atoms with Crippen molar-refractivity contribution >= 4 is 17.7 Å². The second kappa shape index (κ2) is 5.03. The second-order valence-corrected chi connectivity index (χ2v) is 4.31. The zero-order chi connectivity index (χ0) is 13.1. The fourth-order valence-electron chi connectivity index (χ4n) is 2.00. The van der Waals surface area contributed by atoms with Crippen LogP contribution < -0.4 is 5.32 Å². The fourth-order valence-corrected chi connectivity index (χ4v) is 2.00. The lowest BCUT2D eigenvalue weighted by Gasteiger charge is -2.21. The molecule has 0 bridgehead atoms. The number of amides is 2. The summed E-state index contributed by atoms with van der Waals surface area (Å²) in [6, 6.07) is 2.43. The number of hydrogen-bond acceptors (Lipinski definition) is 3. The van der Waals surface area contributed by atoms with Gasteiger partial charge in [0.15, 0.2) is 0 Å². The smallest absolute Gasteiger partial charge is 0.326 e. The third-order valence-corrected chi connectivity index (χ3v) is 2.96. The molecule has 0 radical (unpaired) electrons. The van der Waals surface area contributed by atoms with Gasteiger partial charge in [-0.1, -0.05) is 0 Å². The monoisotopic (exact) mass is 249 g/mol. The number of anilines is 1. The molecule has 2 rings (SSSR count). The zero-order valence-electron chi connectivity index (χ0n) is 10.1. The lowest BCUT2D eigenvalue weighted by Crippen LogP contribution is -2.42. The SMILES string of the molecule is Cc1ccc(NC(=O)N2CCC[C@@H]2C(=O)O)cn1. The van der Waals surface area contributed by atoms with Gasteiger partial charge < -0.3 is 15.3 Å². The maximum Gasteiger partial charge on any atom is 0.326 e. The van der Waals surface area contributed by atoms with Crippen LogP contribution in [0, 0.1) is 6.92 Å². The van der Waals surface area contributed by atoms with E-state index in [2.05, 4.69) is 10.3 Å². The van der Waals surface area contributed by atoms with E-state index in [4.69, 9.17) is 5.11 Å². The van der Waals surface area contributed by atoms with Crippen molar-refractivity contribution in [3.63, 3.8) is 0 Å². The maximum atomic E-state index is 11.9. The normalized spacial score (nSPS) is 18.7. The number of aromatic nitrogens is 1. The van der Waals surface area contributed by atoms with Crippen molar-refractivity contribution in [3.8, 4) is 0 Å². The molecule has 1 fully saturated rings. The van der Waals surface area contributed by atoms with Crippen LogP contribution in [0.1, 0.15) is 18.5 Å². The molecule has 96 valence electrons. The highest BCUT2D eigenvalue weighted by atomic mass is 16.4. The van der Waals surface area contributed by atoms with Crippen LogP contribution in [0.25, 0.3) is 0 Å². The number of likely N-dealkylation sites (tertiary alicyclic amines) is 1. The molecular formula is C12H15N3O3. The Morgan fingerprint density at radius 3 is 2.89 bits per heavy atom. The number of rotatable bonds is 2. The Morgan fingerprint density at radius 2 is 2.28 bits per heavy atom. The van der Waals surface area contributed by atoms with E-state index in [1.807, 2.05) is 6.92 Å². The van der Waals surface area contributed by atoms with E-state index in [9.17, 15) is 9.59 Å². The van der Waals surface area contributed by atoms with Crippen LogP contribution in [0.2, 0.25) is 0 Å². The Hall–Kier alpha value is -2.11. The van der Waals surface area contributed by atoms with E-state index in [1.165, 1.54) is 4.90 Å². The summed E-state index contributed by atoms with van der Waals surface area (Å²) in [6.07, 6.45) is 2.78. The van der Waals surface area contributed by atoms with Gasteiger partial charge in [-0.15, -0.1) is 0 Å². The molecule has 18 heavy (non-hydrogen) atoms. The highest BCUT2D eigenvalue weighted by Gasteiger charge is 2.33. The first kappa shape index (κ1) is 12.3. The standard InChI is InChI=1S/C12H15N3O3/c1-8-4-5-9(7-13-8)14-12(18)15-6-2-3-10(15)11(16)17/h4-5,7,10H,2-3,6H2,1H3,(H,14,18)(H,16,17)/t10-/m1/s1. The van der Waals surface area contributed by atoms with Crippen LogP contribution in [-0.4, -0.2) is 39.6 Å². The van der Waals surface area contributed by atoms with Crippen LogP contribution >= 0.6 is 0 Å². The first-order chi connectivity index (χ1) is 8.58. The predicted octanol–water partition coefficient (Wildman–Crippen LogP) is 1.47. The number of nitrogens with zero attached hydrogens (tertiary/aromatic N) is 2. The van der Waals surface area contributed by atoms with Gasteiger partial charge >= 0.3 is 12.0 Å². The Morgan fingerprint density at radius 1 is 1.50 bits per heavy atom. The van der Waals surface area contributed by atoms with Gasteiger partial charge in [-0.25, -0.2) is 9.59 Å².